The van der Waals surface area contributed by atoms with Crippen molar-refractivity contribution in [3.05, 3.63) is 53.6 Å². The van der Waals surface area contributed by atoms with Crippen molar-refractivity contribution in [2.24, 2.45) is 0 Å². The van der Waals surface area contributed by atoms with Crippen LogP contribution in [0.15, 0.2) is 53.4 Å². The number of hydrogen-bond donors (Lipinski definition) is 1. The lowest BCUT2D eigenvalue weighted by Crippen LogP contribution is -2.51. The molecule has 29 heavy (non-hydrogen) atoms. The predicted molar refractivity (Wildman–Crippen MR) is 114 cm³/mol. The van der Waals surface area contributed by atoms with Crippen molar-refractivity contribution in [3.8, 4) is 0 Å². The minimum absolute atomic E-state index is 0.164. The molecular weight excluding hydrogens is 410 g/mol. The average molecular weight is 430 g/mol. The number of amides is 3. The number of anilines is 2. The highest BCUT2D eigenvalue weighted by Gasteiger charge is 2.41. The molecule has 0 spiro atoms. The maximum absolute atomic E-state index is 13.2. The van der Waals surface area contributed by atoms with E-state index in [4.69, 9.17) is 11.6 Å². The molecule has 2 aliphatic heterocycles. The van der Waals surface area contributed by atoms with E-state index in [-0.39, 0.29) is 24.3 Å². The van der Waals surface area contributed by atoms with E-state index in [0.29, 0.717) is 29.5 Å². The van der Waals surface area contributed by atoms with E-state index in [1.54, 1.807) is 35.2 Å². The Labute approximate surface area is 178 Å². The fraction of sp³-hybridized carbons (Fsp3) is 0.286. The van der Waals surface area contributed by atoms with Crippen LogP contribution >= 0.6 is 23.4 Å². The van der Waals surface area contributed by atoms with E-state index in [2.05, 4.69) is 5.32 Å². The quantitative estimate of drug-likeness (QED) is 0.756. The molecule has 0 radical (unpaired) electrons. The number of carbonyl (C=O) groups is 3. The molecule has 0 bridgehead atoms. The van der Waals surface area contributed by atoms with Crippen LogP contribution in [0.2, 0.25) is 5.02 Å². The van der Waals surface area contributed by atoms with E-state index in [0.717, 1.165) is 17.7 Å². The molecular formula is C21H20ClN3O3S. The van der Waals surface area contributed by atoms with E-state index < -0.39 is 5.25 Å². The van der Waals surface area contributed by atoms with Crippen LogP contribution in [-0.2, 0) is 14.4 Å². The Kier molecular flexibility index (Phi) is 5.78. The smallest absolute Gasteiger partial charge is 0.250 e. The molecule has 2 heterocycles. The molecule has 0 aromatic heterocycles. The SMILES string of the molecule is O=C(CN1C(=O)[C@@H](C(=O)N2CCCC2)Sc2ccccc21)Nc1ccc(Cl)cc1. The van der Waals surface area contributed by atoms with E-state index in [1.165, 1.54) is 16.7 Å². The van der Waals surface area contributed by atoms with Gasteiger partial charge in [-0.05, 0) is 49.2 Å². The summed E-state index contributed by atoms with van der Waals surface area (Å²) in [7, 11) is 0. The molecule has 150 valence electrons. The van der Waals surface area contributed by atoms with Crippen LogP contribution in [0.5, 0.6) is 0 Å². The average Bonchev–Trinajstić information content (AvgIpc) is 3.26. The molecule has 1 N–H and O–H groups in total. The first kappa shape index (κ1) is 19.8. The number of rotatable bonds is 4. The number of thioether (sulfide) groups is 1. The zero-order valence-corrected chi connectivity index (χ0v) is 17.2. The zero-order valence-electron chi connectivity index (χ0n) is 15.6. The van der Waals surface area contributed by atoms with Gasteiger partial charge in [0.05, 0.1) is 5.69 Å². The van der Waals surface area contributed by atoms with Crippen molar-refractivity contribution in [3.63, 3.8) is 0 Å². The zero-order chi connectivity index (χ0) is 20.4. The van der Waals surface area contributed by atoms with Gasteiger partial charge in [-0.15, -0.1) is 11.8 Å². The third-order valence-electron chi connectivity index (χ3n) is 4.96. The Morgan fingerprint density at radius 1 is 1.07 bits per heavy atom. The molecule has 6 nitrogen and oxygen atoms in total. The third-order valence-corrected chi connectivity index (χ3v) is 6.45. The van der Waals surface area contributed by atoms with Crippen molar-refractivity contribution in [2.75, 3.05) is 29.9 Å². The van der Waals surface area contributed by atoms with Crippen molar-refractivity contribution < 1.29 is 14.4 Å². The minimum Gasteiger partial charge on any atom is -0.341 e. The normalized spacial score (nSPS) is 18.5. The third kappa shape index (κ3) is 4.26. The number of carbonyl (C=O) groups excluding carboxylic acids is 3. The lowest BCUT2D eigenvalue weighted by atomic mass is 10.2. The Bertz CT molecular complexity index is 944. The van der Waals surface area contributed by atoms with Crippen molar-refractivity contribution >= 4 is 52.5 Å². The summed E-state index contributed by atoms with van der Waals surface area (Å²) in [5, 5.41) is 2.49. The highest BCUT2D eigenvalue weighted by molar-refractivity contribution is 8.01. The summed E-state index contributed by atoms with van der Waals surface area (Å²) >= 11 is 7.14. The number of fused-ring (bicyclic) bond motifs is 1. The Morgan fingerprint density at radius 2 is 1.76 bits per heavy atom. The van der Waals surface area contributed by atoms with Crippen LogP contribution in [-0.4, -0.2) is 47.5 Å². The molecule has 0 aliphatic carbocycles. The lowest BCUT2D eigenvalue weighted by molar-refractivity contribution is -0.134. The van der Waals surface area contributed by atoms with Gasteiger partial charge in [0.1, 0.15) is 6.54 Å². The molecule has 8 heteroatoms. The summed E-state index contributed by atoms with van der Waals surface area (Å²) in [4.78, 5) is 42.7. The number of para-hydroxylation sites is 1. The second-order valence-electron chi connectivity index (χ2n) is 6.98. The van der Waals surface area contributed by atoms with E-state index in [9.17, 15) is 14.4 Å². The van der Waals surface area contributed by atoms with Gasteiger partial charge in [-0.3, -0.25) is 14.4 Å². The molecule has 4 rings (SSSR count). The monoisotopic (exact) mass is 429 g/mol. The van der Waals surface area contributed by atoms with E-state index >= 15 is 0 Å². The van der Waals surface area contributed by atoms with Crippen LogP contribution < -0.4 is 10.2 Å². The number of halogens is 1. The standard InChI is InChI=1S/C21H20ClN3O3S/c22-14-7-9-15(10-8-14)23-18(26)13-25-16-5-1-2-6-17(16)29-19(21(25)28)20(27)24-11-3-4-12-24/h1-2,5-10,19H,3-4,11-13H2,(H,23,26)/t19-/m1/s1. The second-order valence-corrected chi connectivity index (χ2v) is 8.56. The molecule has 2 aromatic rings. The van der Waals surface area contributed by atoms with Crippen molar-refractivity contribution in [1.29, 1.82) is 0 Å². The first-order chi connectivity index (χ1) is 14.0. The predicted octanol–water partition coefficient (Wildman–Crippen LogP) is 3.41. The van der Waals surface area contributed by atoms with Crippen LogP contribution in [0, 0.1) is 0 Å². The number of nitrogens with one attached hydrogen (secondary N) is 1. The van der Waals surface area contributed by atoms with Crippen LogP contribution in [0.1, 0.15) is 12.8 Å². The van der Waals surface area contributed by atoms with Crippen molar-refractivity contribution in [1.82, 2.24) is 4.90 Å². The van der Waals surface area contributed by atoms with Gasteiger partial charge in [0.2, 0.25) is 11.8 Å². The van der Waals surface area contributed by atoms with Gasteiger partial charge >= 0.3 is 0 Å². The largest absolute Gasteiger partial charge is 0.341 e. The van der Waals surface area contributed by atoms with Gasteiger partial charge in [0, 0.05) is 28.7 Å². The number of benzene rings is 2. The number of likely N-dealkylation sites (tertiary alicyclic amines) is 1. The maximum atomic E-state index is 13.2. The summed E-state index contributed by atoms with van der Waals surface area (Å²) in [6.45, 7) is 1.20. The topological polar surface area (TPSA) is 69.7 Å². The molecule has 1 atom stereocenters. The number of nitrogens with zero attached hydrogens (tertiary/aromatic N) is 2. The van der Waals surface area contributed by atoms with Gasteiger partial charge in [0.15, 0.2) is 5.25 Å². The molecule has 2 aliphatic rings. The molecule has 0 saturated carbocycles. The maximum Gasteiger partial charge on any atom is 0.250 e. The molecule has 2 aromatic carbocycles. The Hall–Kier alpha value is -2.51. The summed E-state index contributed by atoms with van der Waals surface area (Å²) < 4.78 is 0. The summed E-state index contributed by atoms with van der Waals surface area (Å²) in [6, 6.07) is 14.1. The van der Waals surface area contributed by atoms with Gasteiger partial charge in [-0.25, -0.2) is 0 Å². The highest BCUT2D eigenvalue weighted by atomic mass is 35.5. The number of hydrogen-bond acceptors (Lipinski definition) is 4. The van der Waals surface area contributed by atoms with Crippen molar-refractivity contribution in [2.45, 2.75) is 23.0 Å². The molecule has 3 amide bonds. The van der Waals surface area contributed by atoms with Crippen LogP contribution in [0.25, 0.3) is 0 Å². The van der Waals surface area contributed by atoms with Crippen LogP contribution in [0.4, 0.5) is 11.4 Å². The molecule has 1 fully saturated rings. The first-order valence-electron chi connectivity index (χ1n) is 9.44. The second kappa shape index (κ2) is 8.47. The Balaban J connectivity index is 1.55. The van der Waals surface area contributed by atoms with Gasteiger partial charge < -0.3 is 15.1 Å². The van der Waals surface area contributed by atoms with Gasteiger partial charge in [-0.2, -0.15) is 0 Å². The molecule has 0 unspecified atom stereocenters. The first-order valence-corrected chi connectivity index (χ1v) is 10.7. The summed E-state index contributed by atoms with van der Waals surface area (Å²) in [6.07, 6.45) is 1.92. The minimum atomic E-state index is -0.855. The van der Waals surface area contributed by atoms with Gasteiger partial charge in [-0.1, -0.05) is 23.7 Å². The van der Waals surface area contributed by atoms with Crippen LogP contribution in [0.3, 0.4) is 0 Å². The van der Waals surface area contributed by atoms with E-state index in [1.807, 2.05) is 18.2 Å². The summed E-state index contributed by atoms with van der Waals surface area (Å²) in [5.74, 6) is -0.860. The Morgan fingerprint density at radius 3 is 2.48 bits per heavy atom. The summed E-state index contributed by atoms with van der Waals surface area (Å²) in [5.41, 5.74) is 1.25. The highest BCUT2D eigenvalue weighted by Crippen LogP contribution is 2.40. The fourth-order valence-electron chi connectivity index (χ4n) is 3.52. The van der Waals surface area contributed by atoms with Gasteiger partial charge in [0.25, 0.3) is 5.91 Å². The molecule has 1 saturated heterocycles. The lowest BCUT2D eigenvalue weighted by Gasteiger charge is -2.34. The fourth-order valence-corrected chi connectivity index (χ4v) is 4.83.